The number of carboxylic acids is 1. The van der Waals surface area contributed by atoms with Crippen molar-refractivity contribution in [2.24, 2.45) is 5.92 Å². The van der Waals surface area contributed by atoms with E-state index in [1.165, 1.54) is 42.2 Å². The van der Waals surface area contributed by atoms with Crippen LogP contribution in [0.25, 0.3) is 0 Å². The van der Waals surface area contributed by atoms with Gasteiger partial charge in [0.1, 0.15) is 0 Å². The number of amides is 1. The van der Waals surface area contributed by atoms with E-state index in [4.69, 9.17) is 5.11 Å². The number of rotatable bonds is 5. The van der Waals surface area contributed by atoms with E-state index in [0.717, 1.165) is 12.1 Å². The van der Waals surface area contributed by atoms with Crippen molar-refractivity contribution in [3.8, 4) is 0 Å². The lowest BCUT2D eigenvalue weighted by Crippen LogP contribution is -2.25. The van der Waals surface area contributed by atoms with Gasteiger partial charge in [0.25, 0.3) is 10.0 Å². The van der Waals surface area contributed by atoms with Crippen LogP contribution in [0.4, 0.5) is 24.5 Å². The summed E-state index contributed by atoms with van der Waals surface area (Å²) >= 11 is 0. The summed E-state index contributed by atoms with van der Waals surface area (Å²) in [6.45, 7) is 1.14. The lowest BCUT2D eigenvalue weighted by Gasteiger charge is -2.17. The van der Waals surface area contributed by atoms with Crippen molar-refractivity contribution in [2.75, 3.05) is 16.2 Å². The number of carbonyl (C=O) groups excluding carboxylic acids is 1. The first-order valence-corrected chi connectivity index (χ1v) is 10.2. The van der Waals surface area contributed by atoms with Gasteiger partial charge in [0.05, 0.1) is 22.1 Å². The summed E-state index contributed by atoms with van der Waals surface area (Å²) in [6.07, 6.45) is -4.77. The molecule has 1 atom stereocenters. The van der Waals surface area contributed by atoms with E-state index in [-0.39, 0.29) is 29.1 Å². The van der Waals surface area contributed by atoms with E-state index in [0.29, 0.717) is 5.69 Å². The van der Waals surface area contributed by atoms with Crippen molar-refractivity contribution in [1.82, 2.24) is 0 Å². The number of hydrogen-bond donors (Lipinski definition) is 2. The zero-order valence-electron chi connectivity index (χ0n) is 15.6. The van der Waals surface area contributed by atoms with Gasteiger partial charge in [-0.2, -0.15) is 13.2 Å². The summed E-state index contributed by atoms with van der Waals surface area (Å²) < 4.78 is 66.5. The fourth-order valence-electron chi connectivity index (χ4n) is 3.18. The molecule has 11 heteroatoms. The normalized spacial score (nSPS) is 17.3. The first-order valence-electron chi connectivity index (χ1n) is 8.73. The molecule has 1 heterocycles. The van der Waals surface area contributed by atoms with Crippen LogP contribution in [0, 0.1) is 12.8 Å². The van der Waals surface area contributed by atoms with Crippen LogP contribution in [-0.4, -0.2) is 31.9 Å². The topological polar surface area (TPSA) is 104 Å². The molecule has 0 bridgehead atoms. The first kappa shape index (κ1) is 21.6. The molecule has 0 aliphatic carbocycles. The fraction of sp³-hybridized carbons (Fsp3) is 0.263. The summed E-state index contributed by atoms with van der Waals surface area (Å²) in [5.74, 6) is -2.33. The molecular weight excluding hydrogens is 425 g/mol. The summed E-state index contributed by atoms with van der Waals surface area (Å²) in [5, 5.41) is 9.04. The van der Waals surface area contributed by atoms with Crippen molar-refractivity contribution in [3.05, 3.63) is 53.6 Å². The number of nitrogens with zero attached hydrogens (tertiary/aromatic N) is 1. The zero-order valence-corrected chi connectivity index (χ0v) is 16.4. The molecule has 0 saturated carbocycles. The second kappa shape index (κ2) is 7.63. The van der Waals surface area contributed by atoms with Gasteiger partial charge in [-0.25, -0.2) is 8.42 Å². The Morgan fingerprint density at radius 3 is 2.33 bits per heavy atom. The average molecular weight is 442 g/mol. The standard InChI is InChI=1S/C19H17F3N2O5S/c1-11-15(19(20,21)22)3-2-4-16(11)23-30(28,29)14-7-5-13(6-8-14)24-10-12(18(26)27)9-17(24)25/h2-8,12,23H,9-10H2,1H3,(H,26,27). The Bertz CT molecular complexity index is 1100. The molecule has 0 spiro atoms. The van der Waals surface area contributed by atoms with Crippen molar-refractivity contribution in [2.45, 2.75) is 24.4 Å². The van der Waals surface area contributed by atoms with Gasteiger partial charge in [0.2, 0.25) is 5.91 Å². The Morgan fingerprint density at radius 2 is 1.80 bits per heavy atom. The number of halogens is 3. The average Bonchev–Trinajstić information content (AvgIpc) is 3.04. The monoisotopic (exact) mass is 442 g/mol. The highest BCUT2D eigenvalue weighted by Gasteiger charge is 2.35. The molecule has 0 radical (unpaired) electrons. The predicted octanol–water partition coefficient (Wildman–Crippen LogP) is 3.25. The summed E-state index contributed by atoms with van der Waals surface area (Å²) in [4.78, 5) is 24.1. The number of carbonyl (C=O) groups is 2. The van der Waals surface area contributed by atoms with Crippen molar-refractivity contribution < 1.29 is 36.3 Å². The summed E-state index contributed by atoms with van der Waals surface area (Å²) in [7, 11) is -4.19. The maximum absolute atomic E-state index is 13.0. The largest absolute Gasteiger partial charge is 0.481 e. The Hall–Kier alpha value is -3.08. The Balaban J connectivity index is 1.83. The van der Waals surface area contributed by atoms with E-state index >= 15 is 0 Å². The van der Waals surface area contributed by atoms with E-state index < -0.39 is 39.6 Å². The smallest absolute Gasteiger partial charge is 0.416 e. The van der Waals surface area contributed by atoms with Crippen molar-refractivity contribution in [1.29, 1.82) is 0 Å². The van der Waals surface area contributed by atoms with Gasteiger partial charge in [-0.3, -0.25) is 14.3 Å². The molecule has 2 aromatic carbocycles. The number of anilines is 2. The summed E-state index contributed by atoms with van der Waals surface area (Å²) in [5.41, 5.74) is -1.07. The molecule has 2 N–H and O–H groups in total. The fourth-order valence-corrected chi connectivity index (χ4v) is 4.31. The van der Waals surface area contributed by atoms with Crippen LogP contribution in [0.1, 0.15) is 17.5 Å². The van der Waals surface area contributed by atoms with Crippen LogP contribution in [0.3, 0.4) is 0 Å². The molecule has 3 rings (SSSR count). The molecule has 1 fully saturated rings. The lowest BCUT2D eigenvalue weighted by molar-refractivity contribution is -0.141. The maximum Gasteiger partial charge on any atom is 0.416 e. The molecule has 160 valence electrons. The molecular formula is C19H17F3N2O5S. The third-order valence-electron chi connectivity index (χ3n) is 4.82. The van der Waals surface area contributed by atoms with Gasteiger partial charge in [-0.05, 0) is 48.9 Å². The van der Waals surface area contributed by atoms with Gasteiger partial charge in [0.15, 0.2) is 0 Å². The van der Waals surface area contributed by atoms with Gasteiger partial charge in [0, 0.05) is 18.7 Å². The number of hydrogen-bond acceptors (Lipinski definition) is 4. The number of alkyl halides is 3. The quantitative estimate of drug-likeness (QED) is 0.740. The minimum atomic E-state index is -4.62. The number of carboxylic acid groups (broad SMARTS) is 1. The van der Waals surface area contributed by atoms with Crippen LogP contribution in [0.2, 0.25) is 0 Å². The van der Waals surface area contributed by atoms with E-state index in [9.17, 15) is 31.2 Å². The van der Waals surface area contributed by atoms with Gasteiger partial charge >= 0.3 is 12.1 Å². The number of aliphatic carboxylic acids is 1. The Morgan fingerprint density at radius 1 is 1.17 bits per heavy atom. The van der Waals surface area contributed by atoms with Gasteiger partial charge in [-0.1, -0.05) is 6.07 Å². The first-order chi connectivity index (χ1) is 13.9. The van der Waals surface area contributed by atoms with E-state index in [2.05, 4.69) is 4.72 Å². The SMILES string of the molecule is Cc1c(NS(=O)(=O)c2ccc(N3CC(C(=O)O)CC3=O)cc2)cccc1C(F)(F)F. The van der Waals surface area contributed by atoms with E-state index in [1.807, 2.05) is 0 Å². The Labute approximate surface area is 170 Å². The minimum Gasteiger partial charge on any atom is -0.481 e. The highest BCUT2D eigenvalue weighted by atomic mass is 32.2. The minimum absolute atomic E-state index is 0.0259. The molecule has 30 heavy (non-hydrogen) atoms. The predicted molar refractivity (Wildman–Crippen MR) is 102 cm³/mol. The van der Waals surface area contributed by atoms with Gasteiger partial charge < -0.3 is 10.0 Å². The number of sulfonamides is 1. The number of benzene rings is 2. The maximum atomic E-state index is 13.0. The highest BCUT2D eigenvalue weighted by Crippen LogP contribution is 2.35. The van der Waals surface area contributed by atoms with E-state index in [1.54, 1.807) is 0 Å². The second-order valence-electron chi connectivity index (χ2n) is 6.82. The van der Waals surface area contributed by atoms with Crippen molar-refractivity contribution in [3.63, 3.8) is 0 Å². The molecule has 1 saturated heterocycles. The molecule has 1 aliphatic rings. The van der Waals surface area contributed by atoms with Crippen LogP contribution in [-0.2, 0) is 25.8 Å². The second-order valence-corrected chi connectivity index (χ2v) is 8.50. The lowest BCUT2D eigenvalue weighted by atomic mass is 10.1. The van der Waals surface area contributed by atoms with Crippen LogP contribution < -0.4 is 9.62 Å². The van der Waals surface area contributed by atoms with Gasteiger partial charge in [-0.15, -0.1) is 0 Å². The molecule has 2 aromatic rings. The summed E-state index contributed by atoms with van der Waals surface area (Å²) in [6, 6.07) is 8.27. The third-order valence-corrected chi connectivity index (χ3v) is 6.20. The van der Waals surface area contributed by atoms with Crippen LogP contribution in [0.15, 0.2) is 47.4 Å². The molecule has 1 unspecified atom stereocenters. The molecule has 0 aromatic heterocycles. The molecule has 7 nitrogen and oxygen atoms in total. The molecule has 1 amide bonds. The molecule has 1 aliphatic heterocycles. The third kappa shape index (κ3) is 4.25. The van der Waals surface area contributed by atoms with Crippen LogP contribution in [0.5, 0.6) is 0 Å². The zero-order chi connectivity index (χ0) is 22.3. The van der Waals surface area contributed by atoms with Crippen LogP contribution >= 0.6 is 0 Å². The Kier molecular flexibility index (Phi) is 5.50. The van der Waals surface area contributed by atoms with Crippen molar-refractivity contribution >= 4 is 33.3 Å². The number of nitrogens with one attached hydrogen (secondary N) is 1. The highest BCUT2D eigenvalue weighted by molar-refractivity contribution is 7.92.